The predicted octanol–water partition coefficient (Wildman–Crippen LogP) is -0.0187. The predicted molar refractivity (Wildman–Crippen MR) is 106 cm³/mol. The Hall–Kier alpha value is -1.19. The van der Waals surface area contributed by atoms with Crippen LogP contribution in [-0.4, -0.2) is 104 Å². The fourth-order valence-corrected chi connectivity index (χ4v) is 5.99. The zero-order chi connectivity index (χ0) is 20.3. The van der Waals surface area contributed by atoms with E-state index in [9.17, 15) is 18.0 Å². The van der Waals surface area contributed by atoms with Gasteiger partial charge in [-0.3, -0.25) is 14.5 Å². The van der Waals surface area contributed by atoms with Crippen molar-refractivity contribution in [3.63, 3.8) is 0 Å². The van der Waals surface area contributed by atoms with Crippen LogP contribution in [-0.2, 0) is 24.2 Å². The molecule has 0 radical (unpaired) electrons. The third kappa shape index (κ3) is 5.45. The number of piperazine rings is 1. The fraction of sp³-hybridized carbons (Fsp3) is 0.895. The summed E-state index contributed by atoms with van der Waals surface area (Å²) < 4.78 is 29.6. The summed E-state index contributed by atoms with van der Waals surface area (Å²) in [5.41, 5.74) is 0. The highest BCUT2D eigenvalue weighted by Crippen LogP contribution is 2.22. The molecule has 0 aromatic rings. The summed E-state index contributed by atoms with van der Waals surface area (Å²) in [6, 6.07) is -0.245. The first-order valence-corrected chi connectivity index (χ1v) is 12.2. The van der Waals surface area contributed by atoms with Crippen LogP contribution in [0.4, 0.5) is 0 Å². The van der Waals surface area contributed by atoms with E-state index in [0.717, 1.165) is 12.8 Å². The number of carbonyl (C=O) groups excluding carboxylic acids is 2. The number of carbonyl (C=O) groups is 2. The largest absolute Gasteiger partial charge is 0.376 e. The molecule has 0 bridgehead atoms. The molecule has 0 aromatic heterocycles. The minimum absolute atomic E-state index is 0.00719. The van der Waals surface area contributed by atoms with Crippen LogP contribution in [0, 0.1) is 5.92 Å². The molecule has 0 aliphatic carbocycles. The number of amides is 2. The Bertz CT molecular complexity index is 667. The van der Waals surface area contributed by atoms with Gasteiger partial charge in [-0.15, -0.1) is 0 Å². The van der Waals surface area contributed by atoms with Crippen LogP contribution in [0.2, 0.25) is 0 Å². The third-order valence-corrected chi connectivity index (χ3v) is 7.68. The van der Waals surface area contributed by atoms with Gasteiger partial charge in [-0.2, -0.15) is 0 Å². The van der Waals surface area contributed by atoms with Gasteiger partial charge < -0.3 is 14.5 Å². The van der Waals surface area contributed by atoms with E-state index in [1.807, 2.05) is 18.7 Å². The molecular formula is C19H33N3O5S. The van der Waals surface area contributed by atoms with Crippen LogP contribution in [0.5, 0.6) is 0 Å². The van der Waals surface area contributed by atoms with Gasteiger partial charge in [-0.1, -0.05) is 13.8 Å². The molecule has 2 unspecified atom stereocenters. The summed E-state index contributed by atoms with van der Waals surface area (Å²) in [5, 5.41) is 0. The number of hydrogen-bond acceptors (Lipinski definition) is 6. The summed E-state index contributed by atoms with van der Waals surface area (Å²) >= 11 is 0. The second kappa shape index (κ2) is 9.09. The Labute approximate surface area is 168 Å². The van der Waals surface area contributed by atoms with Crippen molar-refractivity contribution >= 4 is 21.7 Å². The SMILES string of the molecule is CC(C)C(=O)N1CCN(CC(=O)N(CC2CCCO2)C2CCS(=O)(=O)C2)CC1. The van der Waals surface area contributed by atoms with Crippen molar-refractivity contribution in [3.05, 3.63) is 0 Å². The lowest BCUT2D eigenvalue weighted by molar-refractivity contribution is -0.138. The maximum atomic E-state index is 13.1. The molecule has 3 heterocycles. The van der Waals surface area contributed by atoms with Crippen molar-refractivity contribution in [1.82, 2.24) is 14.7 Å². The molecule has 3 saturated heterocycles. The van der Waals surface area contributed by atoms with E-state index in [1.165, 1.54) is 0 Å². The molecule has 160 valence electrons. The van der Waals surface area contributed by atoms with E-state index in [-0.39, 0.29) is 47.9 Å². The molecule has 0 saturated carbocycles. The van der Waals surface area contributed by atoms with E-state index in [4.69, 9.17) is 4.74 Å². The Morgan fingerprint density at radius 3 is 2.39 bits per heavy atom. The Morgan fingerprint density at radius 1 is 1.14 bits per heavy atom. The molecule has 3 aliphatic rings. The van der Waals surface area contributed by atoms with Gasteiger partial charge in [0.15, 0.2) is 9.84 Å². The summed E-state index contributed by atoms with van der Waals surface area (Å²) in [7, 11) is -3.06. The highest BCUT2D eigenvalue weighted by atomic mass is 32.2. The number of rotatable bonds is 6. The molecular weight excluding hydrogens is 382 g/mol. The van der Waals surface area contributed by atoms with Crippen LogP contribution in [0.3, 0.4) is 0 Å². The number of hydrogen-bond donors (Lipinski definition) is 0. The first kappa shape index (κ1) is 21.5. The van der Waals surface area contributed by atoms with Gasteiger partial charge >= 0.3 is 0 Å². The molecule has 2 amide bonds. The monoisotopic (exact) mass is 415 g/mol. The zero-order valence-electron chi connectivity index (χ0n) is 17.0. The average molecular weight is 416 g/mol. The Kier molecular flexibility index (Phi) is 6.98. The van der Waals surface area contributed by atoms with E-state index in [2.05, 4.69) is 4.90 Å². The van der Waals surface area contributed by atoms with E-state index in [0.29, 0.717) is 45.8 Å². The van der Waals surface area contributed by atoms with Crippen molar-refractivity contribution in [2.45, 2.75) is 45.3 Å². The molecule has 9 heteroatoms. The maximum absolute atomic E-state index is 13.1. The van der Waals surface area contributed by atoms with Gasteiger partial charge in [0.05, 0.1) is 24.2 Å². The maximum Gasteiger partial charge on any atom is 0.237 e. The molecule has 2 atom stereocenters. The van der Waals surface area contributed by atoms with Crippen LogP contribution < -0.4 is 0 Å². The minimum Gasteiger partial charge on any atom is -0.376 e. The Balaban J connectivity index is 1.57. The molecule has 3 aliphatic heterocycles. The van der Waals surface area contributed by atoms with Gasteiger partial charge in [0.2, 0.25) is 11.8 Å². The first-order chi connectivity index (χ1) is 13.2. The van der Waals surface area contributed by atoms with E-state index < -0.39 is 9.84 Å². The molecule has 3 rings (SSSR count). The molecule has 28 heavy (non-hydrogen) atoms. The average Bonchev–Trinajstić information content (AvgIpc) is 3.28. The normalized spacial score (nSPS) is 28.0. The quantitative estimate of drug-likeness (QED) is 0.606. The molecule has 0 aromatic carbocycles. The lowest BCUT2D eigenvalue weighted by atomic mass is 10.1. The van der Waals surface area contributed by atoms with Crippen LogP contribution >= 0.6 is 0 Å². The highest BCUT2D eigenvalue weighted by molar-refractivity contribution is 7.91. The Morgan fingerprint density at radius 2 is 1.86 bits per heavy atom. The minimum atomic E-state index is -3.06. The lowest BCUT2D eigenvalue weighted by Gasteiger charge is -2.37. The van der Waals surface area contributed by atoms with Crippen molar-refractivity contribution in [2.75, 3.05) is 57.4 Å². The molecule has 3 fully saturated rings. The zero-order valence-corrected chi connectivity index (χ0v) is 17.8. The fourth-order valence-electron chi connectivity index (χ4n) is 4.26. The highest BCUT2D eigenvalue weighted by Gasteiger charge is 2.37. The van der Waals surface area contributed by atoms with E-state index in [1.54, 1.807) is 4.90 Å². The van der Waals surface area contributed by atoms with Crippen LogP contribution in [0.1, 0.15) is 33.1 Å². The van der Waals surface area contributed by atoms with Gasteiger partial charge in [0.1, 0.15) is 0 Å². The molecule has 0 N–H and O–H groups in total. The first-order valence-electron chi connectivity index (χ1n) is 10.4. The second-order valence-electron chi connectivity index (χ2n) is 8.49. The molecule has 0 spiro atoms. The summed E-state index contributed by atoms with van der Waals surface area (Å²) in [6.45, 7) is 7.86. The van der Waals surface area contributed by atoms with E-state index >= 15 is 0 Å². The van der Waals surface area contributed by atoms with Crippen molar-refractivity contribution in [2.24, 2.45) is 5.92 Å². The number of ether oxygens (including phenoxy) is 1. The smallest absolute Gasteiger partial charge is 0.237 e. The summed E-state index contributed by atoms with van der Waals surface area (Å²) in [4.78, 5) is 30.9. The standard InChI is InChI=1S/C19H33N3O5S/c1-15(2)19(24)21-8-6-20(7-9-21)13-18(23)22(12-17-4-3-10-27-17)16-5-11-28(25,26)14-16/h15-17H,3-14H2,1-2H3. The van der Waals surface area contributed by atoms with Crippen molar-refractivity contribution in [1.29, 1.82) is 0 Å². The van der Waals surface area contributed by atoms with Crippen molar-refractivity contribution < 1.29 is 22.7 Å². The third-order valence-electron chi connectivity index (χ3n) is 5.93. The second-order valence-corrected chi connectivity index (χ2v) is 10.7. The lowest BCUT2D eigenvalue weighted by Crippen LogP contribution is -2.54. The van der Waals surface area contributed by atoms with Crippen molar-refractivity contribution in [3.8, 4) is 0 Å². The number of nitrogens with zero attached hydrogens (tertiary/aromatic N) is 3. The molecule has 8 nitrogen and oxygen atoms in total. The topological polar surface area (TPSA) is 87.2 Å². The van der Waals surface area contributed by atoms with Crippen LogP contribution in [0.15, 0.2) is 0 Å². The number of sulfone groups is 1. The van der Waals surface area contributed by atoms with Crippen LogP contribution in [0.25, 0.3) is 0 Å². The summed E-state index contributed by atoms with van der Waals surface area (Å²) in [6.07, 6.45) is 2.42. The van der Waals surface area contributed by atoms with Gasteiger partial charge in [0.25, 0.3) is 0 Å². The van der Waals surface area contributed by atoms with Gasteiger partial charge in [-0.25, -0.2) is 8.42 Å². The summed E-state index contributed by atoms with van der Waals surface area (Å²) in [5.74, 6) is 0.327. The van der Waals surface area contributed by atoms with Gasteiger partial charge in [-0.05, 0) is 19.3 Å². The van der Waals surface area contributed by atoms with Gasteiger partial charge in [0, 0.05) is 51.3 Å².